The predicted molar refractivity (Wildman–Crippen MR) is 88.8 cm³/mol. The van der Waals surface area contributed by atoms with Crippen LogP contribution in [-0.2, 0) is 6.42 Å². The SMILES string of the molecule is Cc1nc2c(c3[nH]c4ccccc4c13)/C(=N\O)CC(C)(C)C2. The number of nitrogens with one attached hydrogen (secondary N) is 1. The van der Waals surface area contributed by atoms with Crippen molar-refractivity contribution < 1.29 is 5.21 Å². The van der Waals surface area contributed by atoms with Crippen LogP contribution in [0, 0.1) is 12.3 Å². The van der Waals surface area contributed by atoms with E-state index in [9.17, 15) is 5.21 Å². The minimum atomic E-state index is 0.0632. The van der Waals surface area contributed by atoms with Crippen LogP contribution in [0.1, 0.15) is 37.2 Å². The van der Waals surface area contributed by atoms with Crippen molar-refractivity contribution in [2.45, 2.75) is 33.6 Å². The van der Waals surface area contributed by atoms with E-state index in [4.69, 9.17) is 4.98 Å². The first-order valence-corrected chi connectivity index (χ1v) is 7.61. The Morgan fingerprint density at radius 2 is 2.00 bits per heavy atom. The normalized spacial score (nSPS) is 19.0. The molecule has 2 N–H and O–H groups in total. The third-order valence-electron chi connectivity index (χ3n) is 4.61. The summed E-state index contributed by atoms with van der Waals surface area (Å²) in [7, 11) is 0. The highest BCUT2D eigenvalue weighted by atomic mass is 16.4. The first-order valence-electron chi connectivity index (χ1n) is 7.61. The number of hydrogen-bond acceptors (Lipinski definition) is 3. The van der Waals surface area contributed by atoms with E-state index in [-0.39, 0.29) is 5.41 Å². The van der Waals surface area contributed by atoms with Gasteiger partial charge in [-0.15, -0.1) is 0 Å². The highest BCUT2D eigenvalue weighted by Crippen LogP contribution is 2.39. The molecule has 4 rings (SSSR count). The fraction of sp³-hybridized carbons (Fsp3) is 0.333. The molecule has 0 spiro atoms. The second-order valence-electron chi connectivity index (χ2n) is 7.00. The quantitative estimate of drug-likeness (QED) is 0.482. The Bertz CT molecular complexity index is 934. The zero-order valence-electron chi connectivity index (χ0n) is 13.1. The second-order valence-corrected chi connectivity index (χ2v) is 7.00. The van der Waals surface area contributed by atoms with E-state index in [1.165, 1.54) is 5.39 Å². The van der Waals surface area contributed by atoms with E-state index < -0.39 is 0 Å². The van der Waals surface area contributed by atoms with E-state index >= 15 is 0 Å². The van der Waals surface area contributed by atoms with Crippen molar-refractivity contribution in [1.82, 2.24) is 9.97 Å². The molecule has 1 aliphatic rings. The lowest BCUT2D eigenvalue weighted by atomic mass is 9.75. The van der Waals surface area contributed by atoms with Crippen LogP contribution in [0.4, 0.5) is 0 Å². The molecule has 2 aromatic heterocycles. The van der Waals surface area contributed by atoms with Crippen molar-refractivity contribution in [3.05, 3.63) is 41.2 Å². The molecule has 0 bridgehead atoms. The van der Waals surface area contributed by atoms with Crippen LogP contribution < -0.4 is 0 Å². The van der Waals surface area contributed by atoms with E-state index in [2.05, 4.69) is 43.0 Å². The van der Waals surface area contributed by atoms with E-state index in [0.29, 0.717) is 0 Å². The molecule has 0 atom stereocenters. The summed E-state index contributed by atoms with van der Waals surface area (Å²) in [5.41, 5.74) is 5.98. The number of benzene rings is 1. The number of aryl methyl sites for hydroxylation is 1. The number of oxime groups is 1. The van der Waals surface area contributed by atoms with Gasteiger partial charge in [0.25, 0.3) is 0 Å². The molecule has 112 valence electrons. The van der Waals surface area contributed by atoms with Gasteiger partial charge in [-0.25, -0.2) is 0 Å². The molecule has 3 aromatic rings. The van der Waals surface area contributed by atoms with Gasteiger partial charge >= 0.3 is 0 Å². The van der Waals surface area contributed by atoms with Gasteiger partial charge in [0.05, 0.1) is 16.9 Å². The summed E-state index contributed by atoms with van der Waals surface area (Å²) in [5, 5.41) is 15.4. The molecule has 1 aromatic carbocycles. The van der Waals surface area contributed by atoms with Crippen molar-refractivity contribution in [3.8, 4) is 0 Å². The Hall–Kier alpha value is -2.36. The number of hydrogen-bond donors (Lipinski definition) is 2. The molecule has 22 heavy (non-hydrogen) atoms. The molecule has 0 fully saturated rings. The fourth-order valence-corrected chi connectivity index (χ4v) is 3.75. The van der Waals surface area contributed by atoms with E-state index in [1.807, 2.05) is 12.1 Å². The summed E-state index contributed by atoms with van der Waals surface area (Å²) >= 11 is 0. The lowest BCUT2D eigenvalue weighted by molar-refractivity contribution is 0.306. The van der Waals surface area contributed by atoms with Crippen molar-refractivity contribution >= 4 is 27.5 Å². The molecule has 2 heterocycles. The fourth-order valence-electron chi connectivity index (χ4n) is 3.75. The number of H-pyrrole nitrogens is 1. The van der Waals surface area contributed by atoms with Crippen molar-refractivity contribution in [2.24, 2.45) is 10.6 Å². The van der Waals surface area contributed by atoms with Crippen LogP contribution in [0.25, 0.3) is 21.8 Å². The van der Waals surface area contributed by atoms with E-state index in [1.54, 1.807) is 0 Å². The number of para-hydroxylation sites is 1. The third-order valence-corrected chi connectivity index (χ3v) is 4.61. The number of aromatic nitrogens is 2. The van der Waals surface area contributed by atoms with Gasteiger partial charge in [-0.2, -0.15) is 0 Å². The number of fused-ring (bicyclic) bond motifs is 5. The van der Waals surface area contributed by atoms with Crippen LogP contribution in [-0.4, -0.2) is 20.9 Å². The van der Waals surface area contributed by atoms with Gasteiger partial charge in [0.15, 0.2) is 0 Å². The Kier molecular flexibility index (Phi) is 2.61. The molecule has 0 unspecified atom stereocenters. The van der Waals surface area contributed by atoms with Gasteiger partial charge in [0.1, 0.15) is 0 Å². The second kappa shape index (κ2) is 4.32. The number of aromatic amines is 1. The molecule has 0 radical (unpaired) electrons. The number of pyridine rings is 1. The third kappa shape index (κ3) is 1.76. The van der Waals surface area contributed by atoms with E-state index in [0.717, 1.165) is 51.9 Å². The molecule has 1 aliphatic carbocycles. The van der Waals surface area contributed by atoms with Crippen LogP contribution in [0.15, 0.2) is 29.4 Å². The number of nitrogens with zero attached hydrogens (tertiary/aromatic N) is 2. The topological polar surface area (TPSA) is 61.3 Å². The van der Waals surface area contributed by atoms with Gasteiger partial charge in [0, 0.05) is 27.5 Å². The summed E-state index contributed by atoms with van der Waals surface area (Å²) in [6.07, 6.45) is 1.65. The monoisotopic (exact) mass is 293 g/mol. The summed E-state index contributed by atoms with van der Waals surface area (Å²) in [6.45, 7) is 6.43. The van der Waals surface area contributed by atoms with Crippen LogP contribution in [0.5, 0.6) is 0 Å². The van der Waals surface area contributed by atoms with Crippen molar-refractivity contribution in [1.29, 1.82) is 0 Å². The average molecular weight is 293 g/mol. The number of rotatable bonds is 0. The van der Waals surface area contributed by atoms with Gasteiger partial charge in [0.2, 0.25) is 0 Å². The van der Waals surface area contributed by atoms with Crippen LogP contribution in [0.3, 0.4) is 0 Å². The predicted octanol–water partition coefficient (Wildman–Crippen LogP) is 4.18. The Morgan fingerprint density at radius 3 is 2.77 bits per heavy atom. The first-order chi connectivity index (χ1) is 10.5. The largest absolute Gasteiger partial charge is 0.411 e. The summed E-state index contributed by atoms with van der Waals surface area (Å²) in [4.78, 5) is 8.35. The maximum Gasteiger partial charge on any atom is 0.0912 e. The maximum absolute atomic E-state index is 9.52. The minimum Gasteiger partial charge on any atom is -0.411 e. The average Bonchev–Trinajstić information content (AvgIpc) is 2.84. The standard InChI is InChI=1S/C18H19N3O/c1-10-15-11-6-4-5-7-12(11)20-17(15)16-13(19-10)8-18(2,3)9-14(16)21-22/h4-7,20,22H,8-9H2,1-3H3/b21-14-. The Labute approximate surface area is 128 Å². The molecule has 4 heteroatoms. The molecule has 0 amide bonds. The molecule has 0 saturated heterocycles. The first kappa shape index (κ1) is 13.3. The van der Waals surface area contributed by atoms with Crippen molar-refractivity contribution in [2.75, 3.05) is 0 Å². The lowest BCUT2D eigenvalue weighted by Crippen LogP contribution is -2.29. The lowest BCUT2D eigenvalue weighted by Gasteiger charge is -2.31. The Balaban J connectivity index is 2.16. The summed E-state index contributed by atoms with van der Waals surface area (Å²) < 4.78 is 0. The van der Waals surface area contributed by atoms with Gasteiger partial charge in [-0.3, -0.25) is 4.98 Å². The Morgan fingerprint density at radius 1 is 1.23 bits per heavy atom. The highest BCUT2D eigenvalue weighted by Gasteiger charge is 2.33. The molecule has 0 saturated carbocycles. The molecular weight excluding hydrogens is 274 g/mol. The van der Waals surface area contributed by atoms with Gasteiger partial charge in [-0.1, -0.05) is 37.2 Å². The summed E-state index contributed by atoms with van der Waals surface area (Å²) in [6, 6.07) is 8.25. The molecule has 0 aliphatic heterocycles. The van der Waals surface area contributed by atoms with Gasteiger partial charge < -0.3 is 10.2 Å². The highest BCUT2D eigenvalue weighted by molar-refractivity contribution is 6.18. The zero-order valence-corrected chi connectivity index (χ0v) is 13.1. The summed E-state index contributed by atoms with van der Waals surface area (Å²) in [5.74, 6) is 0. The molecular formula is C18H19N3O. The van der Waals surface area contributed by atoms with Crippen molar-refractivity contribution in [3.63, 3.8) is 0 Å². The zero-order chi connectivity index (χ0) is 15.5. The minimum absolute atomic E-state index is 0.0632. The van der Waals surface area contributed by atoms with Crippen LogP contribution in [0.2, 0.25) is 0 Å². The molecule has 4 nitrogen and oxygen atoms in total. The van der Waals surface area contributed by atoms with Crippen LogP contribution >= 0.6 is 0 Å². The van der Waals surface area contributed by atoms with Gasteiger partial charge in [-0.05, 0) is 31.2 Å². The smallest absolute Gasteiger partial charge is 0.0912 e. The maximum atomic E-state index is 9.52.